The average molecular weight is 285 g/mol. The van der Waals surface area contributed by atoms with Crippen LogP contribution in [-0.2, 0) is 11.4 Å². The van der Waals surface area contributed by atoms with Crippen molar-refractivity contribution in [1.29, 1.82) is 0 Å². The molecule has 0 aliphatic heterocycles. The number of amides is 1. The molecule has 21 heavy (non-hydrogen) atoms. The lowest BCUT2D eigenvalue weighted by Crippen LogP contribution is -2.20. The zero-order valence-electron chi connectivity index (χ0n) is 12.2. The Bertz CT molecular complexity index is 638. The molecule has 4 nitrogen and oxygen atoms in total. The van der Waals surface area contributed by atoms with E-state index in [1.54, 1.807) is 6.07 Å². The second kappa shape index (κ2) is 6.90. The molecule has 0 fully saturated rings. The van der Waals surface area contributed by atoms with E-state index in [9.17, 15) is 4.79 Å². The van der Waals surface area contributed by atoms with E-state index in [0.717, 1.165) is 16.7 Å². The largest absolute Gasteiger partial charge is 0.484 e. The van der Waals surface area contributed by atoms with Crippen LogP contribution in [0, 0.1) is 13.8 Å². The smallest absolute Gasteiger partial charge is 0.262 e. The Morgan fingerprint density at radius 3 is 2.71 bits per heavy atom. The van der Waals surface area contributed by atoms with Crippen LogP contribution in [0.15, 0.2) is 42.5 Å². The van der Waals surface area contributed by atoms with Gasteiger partial charge in [-0.05, 0) is 48.7 Å². The van der Waals surface area contributed by atoms with Gasteiger partial charge in [-0.2, -0.15) is 0 Å². The van der Waals surface area contributed by atoms with Gasteiger partial charge in [0.2, 0.25) is 0 Å². The minimum Gasteiger partial charge on any atom is -0.484 e. The summed E-state index contributed by atoms with van der Waals surface area (Å²) < 4.78 is 5.46. The van der Waals surface area contributed by atoms with Crippen LogP contribution >= 0.6 is 0 Å². The molecule has 4 heteroatoms. The predicted octanol–water partition coefficient (Wildman–Crippen LogP) is 2.81. The Morgan fingerprint density at radius 1 is 1.19 bits per heavy atom. The molecule has 0 radical (unpaired) electrons. The molecule has 0 aromatic heterocycles. The molecule has 0 bridgehead atoms. The fourth-order valence-corrected chi connectivity index (χ4v) is 1.94. The maximum atomic E-state index is 11.9. The van der Waals surface area contributed by atoms with Crippen LogP contribution in [0.4, 0.5) is 5.69 Å². The molecule has 0 atom stereocenters. The number of anilines is 1. The van der Waals surface area contributed by atoms with Crippen LogP contribution in [0.1, 0.15) is 16.7 Å². The first-order valence-corrected chi connectivity index (χ1v) is 6.78. The van der Waals surface area contributed by atoms with Gasteiger partial charge in [-0.1, -0.05) is 24.3 Å². The molecule has 0 heterocycles. The van der Waals surface area contributed by atoms with Crippen molar-refractivity contribution < 1.29 is 14.6 Å². The van der Waals surface area contributed by atoms with Gasteiger partial charge in [-0.3, -0.25) is 4.79 Å². The molecule has 0 aliphatic carbocycles. The summed E-state index contributed by atoms with van der Waals surface area (Å²) in [6.45, 7) is 3.77. The van der Waals surface area contributed by atoms with Crippen LogP contribution in [-0.4, -0.2) is 17.6 Å². The summed E-state index contributed by atoms with van der Waals surface area (Å²) >= 11 is 0. The van der Waals surface area contributed by atoms with E-state index in [0.29, 0.717) is 11.4 Å². The minimum absolute atomic E-state index is 0.0494. The summed E-state index contributed by atoms with van der Waals surface area (Å²) in [5.41, 5.74) is 3.48. The lowest BCUT2D eigenvalue weighted by atomic mass is 10.1. The molecule has 1 amide bonds. The zero-order valence-corrected chi connectivity index (χ0v) is 12.2. The number of benzene rings is 2. The maximum Gasteiger partial charge on any atom is 0.262 e. The van der Waals surface area contributed by atoms with Gasteiger partial charge in [-0.25, -0.2) is 0 Å². The van der Waals surface area contributed by atoms with E-state index in [2.05, 4.69) is 5.32 Å². The molecular weight excluding hydrogens is 266 g/mol. The maximum absolute atomic E-state index is 11.9. The van der Waals surface area contributed by atoms with Gasteiger partial charge >= 0.3 is 0 Å². The lowest BCUT2D eigenvalue weighted by molar-refractivity contribution is -0.118. The van der Waals surface area contributed by atoms with E-state index < -0.39 is 0 Å². The monoisotopic (exact) mass is 285 g/mol. The number of aryl methyl sites for hydroxylation is 2. The van der Waals surface area contributed by atoms with Crippen molar-refractivity contribution in [2.24, 2.45) is 0 Å². The first-order valence-electron chi connectivity index (χ1n) is 6.78. The Morgan fingerprint density at radius 2 is 2.00 bits per heavy atom. The second-order valence-electron chi connectivity index (χ2n) is 4.96. The van der Waals surface area contributed by atoms with Crippen molar-refractivity contribution in [2.75, 3.05) is 11.9 Å². The van der Waals surface area contributed by atoms with Gasteiger partial charge in [0, 0.05) is 5.69 Å². The molecule has 2 aromatic carbocycles. The van der Waals surface area contributed by atoms with Crippen LogP contribution in [0.5, 0.6) is 5.75 Å². The summed E-state index contributed by atoms with van der Waals surface area (Å²) in [7, 11) is 0. The molecule has 0 saturated heterocycles. The van der Waals surface area contributed by atoms with Crippen molar-refractivity contribution in [1.82, 2.24) is 0 Å². The lowest BCUT2D eigenvalue weighted by Gasteiger charge is -2.11. The van der Waals surface area contributed by atoms with Crippen LogP contribution in [0.3, 0.4) is 0 Å². The van der Waals surface area contributed by atoms with Crippen molar-refractivity contribution in [3.05, 3.63) is 59.2 Å². The summed E-state index contributed by atoms with van der Waals surface area (Å²) in [5.74, 6) is 0.445. The highest BCUT2D eigenvalue weighted by Gasteiger charge is 2.07. The molecule has 0 aliphatic rings. The minimum atomic E-state index is -0.227. The van der Waals surface area contributed by atoms with Gasteiger partial charge in [0.25, 0.3) is 5.91 Å². The van der Waals surface area contributed by atoms with E-state index in [1.165, 1.54) is 0 Å². The molecule has 2 rings (SSSR count). The Hall–Kier alpha value is -2.33. The zero-order chi connectivity index (χ0) is 15.2. The standard InChI is InChI=1S/C17H19NO3/c1-12-4-3-5-15(8-12)21-11-17(20)18-16-9-14(10-19)7-6-13(16)2/h3-9,19H,10-11H2,1-2H3,(H,18,20). The fraction of sp³-hybridized carbons (Fsp3) is 0.235. The third-order valence-corrected chi connectivity index (χ3v) is 3.12. The summed E-state index contributed by atoms with van der Waals surface area (Å²) in [6, 6.07) is 13.0. The van der Waals surface area contributed by atoms with E-state index in [4.69, 9.17) is 9.84 Å². The van der Waals surface area contributed by atoms with Gasteiger partial charge in [0.15, 0.2) is 6.61 Å². The number of carbonyl (C=O) groups excluding carboxylic acids is 1. The Balaban J connectivity index is 1.96. The number of aliphatic hydroxyl groups excluding tert-OH is 1. The quantitative estimate of drug-likeness (QED) is 0.888. The van der Waals surface area contributed by atoms with Gasteiger partial charge in [-0.15, -0.1) is 0 Å². The highest BCUT2D eigenvalue weighted by molar-refractivity contribution is 5.92. The first-order chi connectivity index (χ1) is 10.1. The molecule has 110 valence electrons. The third-order valence-electron chi connectivity index (χ3n) is 3.12. The number of aliphatic hydroxyl groups is 1. The number of ether oxygens (including phenoxy) is 1. The number of rotatable bonds is 5. The van der Waals surface area contributed by atoms with Crippen LogP contribution in [0.2, 0.25) is 0 Å². The van der Waals surface area contributed by atoms with Gasteiger partial charge in [0.05, 0.1) is 6.61 Å². The number of hydrogen-bond acceptors (Lipinski definition) is 3. The highest BCUT2D eigenvalue weighted by Crippen LogP contribution is 2.17. The number of hydrogen-bond donors (Lipinski definition) is 2. The third kappa shape index (κ3) is 4.33. The highest BCUT2D eigenvalue weighted by atomic mass is 16.5. The molecule has 0 spiro atoms. The second-order valence-corrected chi connectivity index (χ2v) is 4.96. The first kappa shape index (κ1) is 15.1. The Kier molecular flexibility index (Phi) is 4.95. The van der Waals surface area contributed by atoms with E-state index in [1.807, 2.05) is 50.2 Å². The van der Waals surface area contributed by atoms with E-state index in [-0.39, 0.29) is 19.1 Å². The summed E-state index contributed by atoms with van der Waals surface area (Å²) in [5, 5.41) is 11.9. The SMILES string of the molecule is Cc1cccc(OCC(=O)Nc2cc(CO)ccc2C)c1. The molecule has 0 saturated carbocycles. The summed E-state index contributed by atoms with van der Waals surface area (Å²) in [4.78, 5) is 11.9. The van der Waals surface area contributed by atoms with Gasteiger partial charge < -0.3 is 15.2 Å². The summed E-state index contributed by atoms with van der Waals surface area (Å²) in [6.07, 6.45) is 0. The van der Waals surface area contributed by atoms with Crippen LogP contribution in [0.25, 0.3) is 0 Å². The molecule has 0 unspecified atom stereocenters. The van der Waals surface area contributed by atoms with Crippen molar-refractivity contribution in [3.8, 4) is 5.75 Å². The normalized spacial score (nSPS) is 10.2. The van der Waals surface area contributed by atoms with Crippen LogP contribution < -0.4 is 10.1 Å². The average Bonchev–Trinajstić information content (AvgIpc) is 2.47. The fourth-order valence-electron chi connectivity index (χ4n) is 1.94. The number of carbonyl (C=O) groups is 1. The molecule has 2 aromatic rings. The van der Waals surface area contributed by atoms with Crippen molar-refractivity contribution >= 4 is 11.6 Å². The van der Waals surface area contributed by atoms with Crippen molar-refractivity contribution in [3.63, 3.8) is 0 Å². The van der Waals surface area contributed by atoms with E-state index >= 15 is 0 Å². The molecule has 2 N–H and O–H groups in total. The Labute approximate surface area is 124 Å². The van der Waals surface area contributed by atoms with Crippen molar-refractivity contribution in [2.45, 2.75) is 20.5 Å². The predicted molar refractivity (Wildman–Crippen MR) is 82.4 cm³/mol. The molecular formula is C17H19NO3. The number of nitrogens with one attached hydrogen (secondary N) is 1. The van der Waals surface area contributed by atoms with Gasteiger partial charge in [0.1, 0.15) is 5.75 Å². The topological polar surface area (TPSA) is 58.6 Å².